The van der Waals surface area contributed by atoms with Crippen LogP contribution in [0.3, 0.4) is 0 Å². The second kappa shape index (κ2) is 5.07. The van der Waals surface area contributed by atoms with Crippen molar-refractivity contribution >= 4 is 27.6 Å². The van der Waals surface area contributed by atoms with Crippen LogP contribution in [0, 0.1) is 5.82 Å². The minimum absolute atomic E-state index is 0.0947. The Morgan fingerprint density at radius 3 is 2.62 bits per heavy atom. The first-order chi connectivity index (χ1) is 7.41. The highest BCUT2D eigenvalue weighted by molar-refractivity contribution is 9.10. The van der Waals surface area contributed by atoms with Gasteiger partial charge in [-0.3, -0.25) is 9.59 Å². The van der Waals surface area contributed by atoms with E-state index in [4.69, 9.17) is 10.5 Å². The summed E-state index contributed by atoms with van der Waals surface area (Å²) in [6.45, 7) is 0.908. The fourth-order valence-electron chi connectivity index (χ4n) is 1.06. The summed E-state index contributed by atoms with van der Waals surface area (Å²) in [4.78, 5) is 21.6. The minimum atomic E-state index is -0.652. The Balaban J connectivity index is 3.05. The number of carbonyl (C=O) groups excluding carboxylic acids is 2. The second-order valence-corrected chi connectivity index (χ2v) is 3.93. The van der Waals surface area contributed by atoms with Crippen molar-refractivity contribution in [2.75, 3.05) is 6.61 Å². The smallest absolute Gasteiger partial charge is 0.255 e. The summed E-state index contributed by atoms with van der Waals surface area (Å²) in [5.41, 5.74) is 4.80. The molecule has 0 atom stereocenters. The highest BCUT2D eigenvalue weighted by atomic mass is 79.9. The van der Waals surface area contributed by atoms with Gasteiger partial charge in [-0.15, -0.1) is 0 Å². The zero-order valence-electron chi connectivity index (χ0n) is 8.42. The molecule has 0 radical (unpaired) electrons. The summed E-state index contributed by atoms with van der Waals surface area (Å²) in [5.74, 6) is -1.52. The van der Waals surface area contributed by atoms with Crippen LogP contribution in [0.2, 0.25) is 0 Å². The number of primary amides is 1. The molecule has 16 heavy (non-hydrogen) atoms. The predicted molar refractivity (Wildman–Crippen MR) is 58.8 cm³/mol. The molecular weight excluding hydrogens is 281 g/mol. The lowest BCUT2D eigenvalue weighted by Gasteiger charge is -2.08. The van der Waals surface area contributed by atoms with Crippen molar-refractivity contribution in [1.82, 2.24) is 0 Å². The molecule has 0 unspecified atom stereocenters. The Bertz CT molecular complexity index is 448. The number of carbonyl (C=O) groups is 2. The minimum Gasteiger partial charge on any atom is -0.483 e. The van der Waals surface area contributed by atoms with E-state index in [-0.39, 0.29) is 17.9 Å². The molecule has 0 bridgehead atoms. The summed E-state index contributed by atoms with van der Waals surface area (Å²) in [6, 6.07) is 2.33. The van der Waals surface area contributed by atoms with Crippen LogP contribution in [0.1, 0.15) is 17.3 Å². The quantitative estimate of drug-likeness (QED) is 0.857. The summed E-state index contributed by atoms with van der Waals surface area (Å²) in [5, 5.41) is 0. The van der Waals surface area contributed by atoms with Crippen LogP contribution in [0.15, 0.2) is 16.6 Å². The molecule has 0 fully saturated rings. The van der Waals surface area contributed by atoms with Crippen LogP contribution in [-0.4, -0.2) is 18.3 Å². The van der Waals surface area contributed by atoms with E-state index in [9.17, 15) is 14.0 Å². The molecule has 0 aliphatic heterocycles. The van der Waals surface area contributed by atoms with Crippen molar-refractivity contribution in [1.29, 1.82) is 0 Å². The van der Waals surface area contributed by atoms with E-state index in [1.54, 1.807) is 0 Å². The molecular formula is C10H9BrFNO3. The Kier molecular flexibility index (Phi) is 4.00. The van der Waals surface area contributed by atoms with Gasteiger partial charge in [-0.1, -0.05) is 0 Å². The summed E-state index contributed by atoms with van der Waals surface area (Å²) >= 11 is 3.05. The third-order valence-electron chi connectivity index (χ3n) is 1.77. The van der Waals surface area contributed by atoms with E-state index >= 15 is 0 Å². The van der Waals surface area contributed by atoms with Gasteiger partial charge in [0.2, 0.25) is 0 Å². The lowest BCUT2D eigenvalue weighted by atomic mass is 10.1. The monoisotopic (exact) mass is 289 g/mol. The molecule has 0 aliphatic carbocycles. The van der Waals surface area contributed by atoms with Crippen LogP contribution < -0.4 is 10.5 Å². The molecule has 0 saturated carbocycles. The van der Waals surface area contributed by atoms with E-state index in [2.05, 4.69) is 15.9 Å². The standard InChI is InChI=1S/C10H9BrFNO3/c1-5(14)6-2-9(16-4-10(13)15)7(11)3-8(6)12/h2-3H,4H2,1H3,(H2,13,15). The Morgan fingerprint density at radius 1 is 1.50 bits per heavy atom. The molecule has 1 aromatic rings. The highest BCUT2D eigenvalue weighted by Crippen LogP contribution is 2.28. The van der Waals surface area contributed by atoms with Gasteiger partial charge >= 0.3 is 0 Å². The largest absolute Gasteiger partial charge is 0.483 e. The van der Waals surface area contributed by atoms with Gasteiger partial charge in [0.1, 0.15) is 11.6 Å². The van der Waals surface area contributed by atoms with Gasteiger partial charge in [0, 0.05) is 0 Å². The second-order valence-electron chi connectivity index (χ2n) is 3.07. The lowest BCUT2D eigenvalue weighted by Crippen LogP contribution is -2.20. The molecule has 2 N–H and O–H groups in total. The third-order valence-corrected chi connectivity index (χ3v) is 2.39. The molecule has 0 aliphatic rings. The maximum atomic E-state index is 13.3. The molecule has 1 aromatic carbocycles. The molecule has 1 rings (SSSR count). The number of ether oxygens (including phenoxy) is 1. The fraction of sp³-hybridized carbons (Fsp3) is 0.200. The number of ketones is 1. The fourth-order valence-corrected chi connectivity index (χ4v) is 1.49. The molecule has 0 aromatic heterocycles. The number of hydrogen-bond acceptors (Lipinski definition) is 3. The Morgan fingerprint density at radius 2 is 2.12 bits per heavy atom. The van der Waals surface area contributed by atoms with Crippen molar-refractivity contribution in [3.05, 3.63) is 28.0 Å². The first-order valence-corrected chi connectivity index (χ1v) is 5.12. The van der Waals surface area contributed by atoms with Crippen LogP contribution in [0.4, 0.5) is 4.39 Å². The van der Waals surface area contributed by atoms with Crippen LogP contribution >= 0.6 is 15.9 Å². The number of halogens is 2. The molecule has 0 heterocycles. The van der Waals surface area contributed by atoms with Crippen molar-refractivity contribution in [3.8, 4) is 5.75 Å². The van der Waals surface area contributed by atoms with Crippen LogP contribution in [0.25, 0.3) is 0 Å². The van der Waals surface area contributed by atoms with Gasteiger partial charge in [-0.2, -0.15) is 0 Å². The molecule has 4 nitrogen and oxygen atoms in total. The molecule has 1 amide bonds. The van der Waals surface area contributed by atoms with Gasteiger partial charge in [-0.05, 0) is 35.0 Å². The van der Waals surface area contributed by atoms with Gasteiger partial charge in [0.05, 0.1) is 10.0 Å². The van der Waals surface area contributed by atoms with E-state index in [0.29, 0.717) is 4.47 Å². The number of Topliss-reactive ketones (excluding diaryl/α,β-unsaturated/α-hetero) is 1. The van der Waals surface area contributed by atoms with Gasteiger partial charge in [0.15, 0.2) is 12.4 Å². The first kappa shape index (κ1) is 12.6. The number of amides is 1. The maximum Gasteiger partial charge on any atom is 0.255 e. The SMILES string of the molecule is CC(=O)c1cc(OCC(N)=O)c(Br)cc1F. The van der Waals surface area contributed by atoms with E-state index in [1.807, 2.05) is 0 Å². The summed E-state index contributed by atoms with van der Waals surface area (Å²) in [6.07, 6.45) is 0. The van der Waals surface area contributed by atoms with E-state index < -0.39 is 17.5 Å². The Hall–Kier alpha value is -1.43. The van der Waals surface area contributed by atoms with Crippen molar-refractivity contribution in [3.63, 3.8) is 0 Å². The molecule has 0 spiro atoms. The summed E-state index contributed by atoms with van der Waals surface area (Å²) < 4.78 is 18.6. The normalized spacial score (nSPS) is 9.94. The maximum absolute atomic E-state index is 13.3. The number of hydrogen-bond donors (Lipinski definition) is 1. The number of rotatable bonds is 4. The number of benzene rings is 1. The topological polar surface area (TPSA) is 69.4 Å². The summed E-state index contributed by atoms with van der Waals surface area (Å²) in [7, 11) is 0. The first-order valence-electron chi connectivity index (χ1n) is 4.33. The van der Waals surface area contributed by atoms with Crippen molar-refractivity contribution in [2.24, 2.45) is 5.73 Å². The van der Waals surface area contributed by atoms with Crippen LogP contribution in [0.5, 0.6) is 5.75 Å². The average Bonchev–Trinajstić information content (AvgIpc) is 2.15. The van der Waals surface area contributed by atoms with Crippen molar-refractivity contribution in [2.45, 2.75) is 6.92 Å². The molecule has 86 valence electrons. The molecule has 6 heteroatoms. The predicted octanol–water partition coefficient (Wildman–Crippen LogP) is 1.65. The van der Waals surface area contributed by atoms with Gasteiger partial charge in [-0.25, -0.2) is 4.39 Å². The van der Waals surface area contributed by atoms with Crippen molar-refractivity contribution < 1.29 is 18.7 Å². The highest BCUT2D eigenvalue weighted by Gasteiger charge is 2.13. The van der Waals surface area contributed by atoms with Gasteiger partial charge in [0.25, 0.3) is 5.91 Å². The number of nitrogens with two attached hydrogens (primary N) is 1. The zero-order chi connectivity index (χ0) is 12.3. The third kappa shape index (κ3) is 3.03. The average molecular weight is 290 g/mol. The zero-order valence-corrected chi connectivity index (χ0v) is 10.0. The van der Waals surface area contributed by atoms with Crippen LogP contribution in [-0.2, 0) is 4.79 Å². The Labute approximate surface area is 99.7 Å². The molecule has 0 saturated heterocycles. The van der Waals surface area contributed by atoms with E-state index in [0.717, 1.165) is 6.07 Å². The van der Waals surface area contributed by atoms with Gasteiger partial charge < -0.3 is 10.5 Å². The van der Waals surface area contributed by atoms with E-state index in [1.165, 1.54) is 13.0 Å². The lowest BCUT2D eigenvalue weighted by molar-refractivity contribution is -0.119.